The number of benzene rings is 1. The quantitative estimate of drug-likeness (QED) is 0.100. The summed E-state index contributed by atoms with van der Waals surface area (Å²) in [5, 5.41) is 12.4. The molecular formula is C26H56N8O4P2. The molecule has 0 aliphatic rings. The summed E-state index contributed by atoms with van der Waals surface area (Å²) in [6, 6.07) is 5.48. The van der Waals surface area contributed by atoms with Crippen molar-refractivity contribution < 1.29 is 18.2 Å². The Morgan fingerprint density at radius 3 is 1.05 bits per heavy atom. The summed E-state index contributed by atoms with van der Waals surface area (Å²) in [6.07, 6.45) is 2.39. The smallest absolute Gasteiger partial charge is 0.390 e. The van der Waals surface area contributed by atoms with Crippen molar-refractivity contribution in [2.24, 2.45) is 22.9 Å². The first kappa shape index (κ1) is 37.0. The van der Waals surface area contributed by atoms with Crippen LogP contribution in [0.2, 0.25) is 0 Å². The Bertz CT molecular complexity index is 851. The second-order valence-electron chi connectivity index (χ2n) is 11.7. The van der Waals surface area contributed by atoms with Crippen molar-refractivity contribution in [3.8, 4) is 11.5 Å². The van der Waals surface area contributed by atoms with E-state index in [4.69, 9.17) is 32.0 Å². The van der Waals surface area contributed by atoms with Crippen LogP contribution in [0.15, 0.2) is 24.3 Å². The average Bonchev–Trinajstić information content (AvgIpc) is 2.69. The van der Waals surface area contributed by atoms with E-state index in [0.717, 1.165) is 0 Å². The van der Waals surface area contributed by atoms with Gasteiger partial charge in [-0.15, -0.1) is 0 Å². The number of nitrogens with two attached hydrogens (primary N) is 4. The zero-order valence-electron chi connectivity index (χ0n) is 25.6. The van der Waals surface area contributed by atoms with E-state index in [2.05, 4.69) is 20.3 Å². The van der Waals surface area contributed by atoms with Gasteiger partial charge >= 0.3 is 15.3 Å². The van der Waals surface area contributed by atoms with Crippen molar-refractivity contribution in [3.63, 3.8) is 0 Å². The van der Waals surface area contributed by atoms with Gasteiger partial charge in [0.1, 0.15) is 11.5 Å². The van der Waals surface area contributed by atoms with Crippen molar-refractivity contribution in [3.05, 3.63) is 24.3 Å². The Balaban J connectivity index is 3.23. The molecule has 8 unspecified atom stereocenters. The number of nitrogens with one attached hydrogen (secondary N) is 4. The van der Waals surface area contributed by atoms with Gasteiger partial charge < -0.3 is 32.0 Å². The lowest BCUT2D eigenvalue weighted by Gasteiger charge is -2.29. The van der Waals surface area contributed by atoms with Crippen molar-refractivity contribution in [2.45, 2.75) is 129 Å². The molecule has 0 fully saturated rings. The summed E-state index contributed by atoms with van der Waals surface area (Å²) in [6.45, 7) is 15.2. The first-order valence-corrected chi connectivity index (χ1v) is 17.5. The van der Waals surface area contributed by atoms with Gasteiger partial charge in [-0.05, 0) is 93.2 Å². The van der Waals surface area contributed by atoms with Crippen LogP contribution in [-0.4, -0.2) is 48.3 Å². The fraction of sp³-hybridized carbons (Fsp3) is 0.769. The summed E-state index contributed by atoms with van der Waals surface area (Å²) in [5.74, 6) is 0.557. The molecule has 12 nitrogen and oxygen atoms in total. The normalized spacial score (nSPS) is 21.1. The largest absolute Gasteiger partial charge is 0.422 e. The summed E-state index contributed by atoms with van der Waals surface area (Å²) >= 11 is 0. The summed E-state index contributed by atoms with van der Waals surface area (Å²) in [4.78, 5) is 0. The maximum atomic E-state index is 14.0. The van der Waals surface area contributed by atoms with Gasteiger partial charge in [0.05, 0.1) is 0 Å². The third-order valence-electron chi connectivity index (χ3n) is 5.74. The van der Waals surface area contributed by atoms with Gasteiger partial charge in [-0.1, -0.05) is 6.07 Å². The Morgan fingerprint density at radius 1 is 0.575 bits per heavy atom. The lowest BCUT2D eigenvalue weighted by Crippen LogP contribution is -2.40. The van der Waals surface area contributed by atoms with Crippen LogP contribution in [0.4, 0.5) is 0 Å². The van der Waals surface area contributed by atoms with Gasteiger partial charge in [0, 0.05) is 54.4 Å². The monoisotopic (exact) mass is 606 g/mol. The molecule has 0 heterocycles. The maximum absolute atomic E-state index is 14.0. The molecule has 0 aliphatic heterocycles. The van der Waals surface area contributed by atoms with Crippen LogP contribution in [0, 0.1) is 0 Å². The van der Waals surface area contributed by atoms with Crippen molar-refractivity contribution in [2.75, 3.05) is 0 Å². The molecule has 0 saturated heterocycles. The molecule has 1 rings (SSSR count). The van der Waals surface area contributed by atoms with Crippen LogP contribution in [0.1, 0.15) is 81.1 Å². The number of rotatable bonds is 20. The second-order valence-corrected chi connectivity index (χ2v) is 15.3. The van der Waals surface area contributed by atoms with Gasteiger partial charge in [0.15, 0.2) is 0 Å². The maximum Gasteiger partial charge on any atom is 0.390 e. The van der Waals surface area contributed by atoms with Crippen molar-refractivity contribution in [1.29, 1.82) is 0 Å². The summed E-state index contributed by atoms with van der Waals surface area (Å²) in [5.41, 5.74) is 23.8. The van der Waals surface area contributed by atoms with E-state index in [-0.39, 0.29) is 59.8 Å². The summed E-state index contributed by atoms with van der Waals surface area (Å²) in [7, 11) is -7.22. The Labute approximate surface area is 241 Å². The predicted molar refractivity (Wildman–Crippen MR) is 166 cm³/mol. The Kier molecular flexibility index (Phi) is 15.9. The van der Waals surface area contributed by atoms with Gasteiger partial charge in [-0.2, -0.15) is 0 Å². The fourth-order valence-electron chi connectivity index (χ4n) is 4.67. The van der Waals surface area contributed by atoms with E-state index in [9.17, 15) is 9.13 Å². The SMILES string of the molecule is CC(N)CC(C)NP(=O)(NC(C)CC(C)N)Oc1cccc(OP(=O)(NC(C)CC(C)N)NC(C)CC(C)N)c1. The molecule has 0 amide bonds. The van der Waals surface area contributed by atoms with E-state index in [1.54, 1.807) is 24.3 Å². The lowest BCUT2D eigenvalue weighted by molar-refractivity contribution is 0.408. The molecule has 40 heavy (non-hydrogen) atoms. The number of hydrogen-bond donors (Lipinski definition) is 8. The second kappa shape index (κ2) is 17.2. The fourth-order valence-corrected chi connectivity index (χ4v) is 8.59. The molecule has 1 aromatic carbocycles. The van der Waals surface area contributed by atoms with Gasteiger partial charge in [0.2, 0.25) is 0 Å². The van der Waals surface area contributed by atoms with Crippen LogP contribution >= 0.6 is 15.3 Å². The van der Waals surface area contributed by atoms with Crippen LogP contribution in [0.5, 0.6) is 11.5 Å². The highest BCUT2D eigenvalue weighted by Crippen LogP contribution is 2.45. The molecule has 0 bridgehead atoms. The van der Waals surface area contributed by atoms with E-state index in [1.165, 1.54) is 0 Å². The van der Waals surface area contributed by atoms with Crippen molar-refractivity contribution in [1.82, 2.24) is 20.3 Å². The Morgan fingerprint density at radius 2 is 0.825 bits per heavy atom. The summed E-state index contributed by atoms with van der Waals surface area (Å²) < 4.78 is 40.1. The molecule has 12 N–H and O–H groups in total. The zero-order valence-corrected chi connectivity index (χ0v) is 27.4. The van der Waals surface area contributed by atoms with E-state index >= 15 is 0 Å². The average molecular weight is 607 g/mol. The molecule has 0 aromatic heterocycles. The topological polar surface area (TPSA) is 205 Å². The lowest BCUT2D eigenvalue weighted by atomic mass is 10.1. The zero-order chi connectivity index (χ0) is 30.7. The van der Waals surface area contributed by atoms with Gasteiger partial charge in [-0.25, -0.2) is 29.5 Å². The molecule has 14 heteroatoms. The predicted octanol–water partition coefficient (Wildman–Crippen LogP) is 3.52. The minimum Gasteiger partial charge on any atom is -0.422 e. The molecule has 1 aromatic rings. The molecule has 0 spiro atoms. The molecule has 0 saturated carbocycles. The van der Waals surface area contributed by atoms with Gasteiger partial charge in [0.25, 0.3) is 0 Å². The first-order chi connectivity index (χ1) is 18.4. The van der Waals surface area contributed by atoms with Crippen LogP contribution in [-0.2, 0) is 9.13 Å². The van der Waals surface area contributed by atoms with Crippen molar-refractivity contribution >= 4 is 15.3 Å². The van der Waals surface area contributed by atoms with Gasteiger partial charge in [-0.3, -0.25) is 0 Å². The van der Waals surface area contributed by atoms with Crippen LogP contribution in [0.3, 0.4) is 0 Å². The molecule has 0 radical (unpaired) electrons. The molecule has 0 aliphatic carbocycles. The minimum absolute atomic E-state index is 0.0855. The van der Waals surface area contributed by atoms with E-state index in [0.29, 0.717) is 25.7 Å². The minimum atomic E-state index is -3.61. The highest BCUT2D eigenvalue weighted by Gasteiger charge is 2.32. The first-order valence-electron chi connectivity index (χ1n) is 14.2. The van der Waals surface area contributed by atoms with Crippen LogP contribution in [0.25, 0.3) is 0 Å². The standard InChI is InChI=1S/C26H56N8O4P2/c1-17(27)12-21(5)31-39(35,32-22(6)13-18(2)28)37-25-10-9-11-26(16-25)38-40(36,33-23(7)14-19(3)29)34-24(8)15-20(4)30/h9-11,16-24H,12-15,27-30H2,1-8H3,(H2,31,32,35)(H2,33,34,36). The molecular weight excluding hydrogens is 550 g/mol. The molecule has 8 atom stereocenters. The van der Waals surface area contributed by atoms with E-state index < -0.39 is 15.3 Å². The third kappa shape index (κ3) is 15.8. The van der Waals surface area contributed by atoms with E-state index in [1.807, 2.05) is 55.4 Å². The highest BCUT2D eigenvalue weighted by atomic mass is 31.2. The third-order valence-corrected chi connectivity index (χ3v) is 9.79. The molecule has 234 valence electrons. The highest BCUT2D eigenvalue weighted by molar-refractivity contribution is 7.55. The van der Waals surface area contributed by atoms with Crippen LogP contribution < -0.4 is 52.3 Å². The number of hydrogen-bond acceptors (Lipinski definition) is 8. The Hall–Kier alpha value is -1.04.